The third kappa shape index (κ3) is 4.68. The van der Waals surface area contributed by atoms with E-state index >= 15 is 0 Å². The van der Waals surface area contributed by atoms with Gasteiger partial charge in [-0.05, 0) is 13.3 Å². The third-order valence-electron chi connectivity index (χ3n) is 1.08. The minimum absolute atomic E-state index is 0.225. The molecule has 0 aliphatic carbocycles. The van der Waals surface area contributed by atoms with Gasteiger partial charge < -0.3 is 4.74 Å². The normalized spacial score (nSPS) is 12.7. The van der Waals surface area contributed by atoms with Gasteiger partial charge in [-0.25, -0.2) is 0 Å². The zero-order chi connectivity index (χ0) is 7.98. The highest BCUT2D eigenvalue weighted by atomic mass is 32.1. The Bertz CT molecular complexity index is 102. The molecule has 0 saturated carbocycles. The molecule has 10 heavy (non-hydrogen) atoms. The van der Waals surface area contributed by atoms with Crippen molar-refractivity contribution >= 4 is 18.6 Å². The molecule has 60 valence electrons. The number of carbonyl (C=O) groups excluding carboxylic acids is 1. The molecule has 0 radical (unpaired) electrons. The topological polar surface area (TPSA) is 26.3 Å². The maximum atomic E-state index is 10.7. The van der Waals surface area contributed by atoms with Crippen LogP contribution < -0.4 is 0 Å². The van der Waals surface area contributed by atoms with E-state index in [0.717, 1.165) is 12.8 Å². The van der Waals surface area contributed by atoms with Gasteiger partial charge in [0.1, 0.15) is 0 Å². The smallest absolute Gasteiger partial charge is 0.318 e. The summed E-state index contributed by atoms with van der Waals surface area (Å²) in [6.07, 6.45) is 1.99. The molecular weight excluding hydrogens is 148 g/mol. The summed E-state index contributed by atoms with van der Waals surface area (Å²) in [6, 6.07) is 0. The summed E-state index contributed by atoms with van der Waals surface area (Å²) in [5.74, 6) is -0.225. The van der Waals surface area contributed by atoms with Crippen molar-refractivity contribution in [3.63, 3.8) is 0 Å². The Morgan fingerprint density at radius 3 is 2.70 bits per heavy atom. The van der Waals surface area contributed by atoms with E-state index in [2.05, 4.69) is 19.6 Å². The van der Waals surface area contributed by atoms with Gasteiger partial charge in [-0.2, -0.15) is 12.6 Å². The molecule has 0 fully saturated rings. The molecule has 1 unspecified atom stereocenters. The van der Waals surface area contributed by atoms with Gasteiger partial charge in [0.05, 0.1) is 11.9 Å². The molecule has 0 aromatic heterocycles. The van der Waals surface area contributed by atoms with E-state index in [1.165, 1.54) is 0 Å². The second-order valence-electron chi connectivity index (χ2n) is 2.20. The molecule has 0 aliphatic rings. The first-order chi connectivity index (χ1) is 4.68. The lowest BCUT2D eigenvalue weighted by Crippen LogP contribution is -2.14. The SMILES string of the molecule is CCCCOC(=O)C(C)S. The van der Waals surface area contributed by atoms with Crippen LogP contribution in [0.4, 0.5) is 0 Å². The summed E-state index contributed by atoms with van der Waals surface area (Å²) in [5, 5.41) is -0.295. The highest BCUT2D eigenvalue weighted by Gasteiger charge is 2.07. The molecule has 0 aliphatic heterocycles. The predicted octanol–water partition coefficient (Wildman–Crippen LogP) is 1.65. The molecule has 0 aromatic rings. The van der Waals surface area contributed by atoms with Gasteiger partial charge in [0.2, 0.25) is 0 Å². The number of esters is 1. The number of hydrogen-bond acceptors (Lipinski definition) is 3. The molecule has 0 bridgehead atoms. The van der Waals surface area contributed by atoms with Crippen LogP contribution in [0.1, 0.15) is 26.7 Å². The van der Waals surface area contributed by atoms with Gasteiger partial charge in [0.25, 0.3) is 0 Å². The van der Waals surface area contributed by atoms with Crippen LogP contribution in [-0.2, 0) is 9.53 Å². The van der Waals surface area contributed by atoms with E-state index in [1.807, 2.05) is 0 Å². The molecular formula is C7H14O2S. The van der Waals surface area contributed by atoms with Crippen molar-refractivity contribution in [3.8, 4) is 0 Å². The van der Waals surface area contributed by atoms with E-state index in [-0.39, 0.29) is 11.2 Å². The average Bonchev–Trinajstić information content (AvgIpc) is 1.88. The lowest BCUT2D eigenvalue weighted by molar-refractivity contribution is -0.142. The van der Waals surface area contributed by atoms with Crippen LogP contribution in [0.2, 0.25) is 0 Å². The zero-order valence-corrected chi connectivity index (χ0v) is 7.36. The number of hydrogen-bond donors (Lipinski definition) is 1. The molecule has 0 aromatic carbocycles. The predicted molar refractivity (Wildman–Crippen MR) is 44.3 cm³/mol. The molecule has 0 amide bonds. The second kappa shape index (κ2) is 5.59. The van der Waals surface area contributed by atoms with Gasteiger partial charge in [-0.1, -0.05) is 13.3 Å². The van der Waals surface area contributed by atoms with E-state index in [9.17, 15) is 4.79 Å². The number of carbonyl (C=O) groups is 1. The number of unbranched alkanes of at least 4 members (excludes halogenated alkanes) is 1. The minimum atomic E-state index is -0.295. The molecule has 0 heterocycles. The molecule has 3 heteroatoms. The Hall–Kier alpha value is -0.180. The van der Waals surface area contributed by atoms with E-state index in [0.29, 0.717) is 6.61 Å². The fourth-order valence-electron chi connectivity index (χ4n) is 0.438. The first kappa shape index (κ1) is 9.82. The van der Waals surface area contributed by atoms with Crippen molar-refractivity contribution < 1.29 is 9.53 Å². The van der Waals surface area contributed by atoms with Crippen LogP contribution >= 0.6 is 12.6 Å². The Kier molecular flexibility index (Phi) is 5.49. The van der Waals surface area contributed by atoms with Crippen LogP contribution in [0.3, 0.4) is 0 Å². The van der Waals surface area contributed by atoms with Crippen molar-refractivity contribution in [2.45, 2.75) is 31.9 Å². The summed E-state index contributed by atoms with van der Waals surface area (Å²) < 4.78 is 4.83. The summed E-state index contributed by atoms with van der Waals surface area (Å²) in [7, 11) is 0. The highest BCUT2D eigenvalue weighted by Crippen LogP contribution is 1.97. The minimum Gasteiger partial charge on any atom is -0.465 e. The van der Waals surface area contributed by atoms with E-state index in [4.69, 9.17) is 4.74 Å². The van der Waals surface area contributed by atoms with Crippen molar-refractivity contribution in [1.82, 2.24) is 0 Å². The van der Waals surface area contributed by atoms with Crippen molar-refractivity contribution in [2.75, 3.05) is 6.61 Å². The second-order valence-corrected chi connectivity index (χ2v) is 2.97. The third-order valence-corrected chi connectivity index (χ3v) is 1.29. The van der Waals surface area contributed by atoms with Gasteiger partial charge in [-0.15, -0.1) is 0 Å². The lowest BCUT2D eigenvalue weighted by atomic mass is 10.4. The van der Waals surface area contributed by atoms with Crippen LogP contribution in [-0.4, -0.2) is 17.8 Å². The highest BCUT2D eigenvalue weighted by molar-refractivity contribution is 7.81. The summed E-state index contributed by atoms with van der Waals surface area (Å²) in [4.78, 5) is 10.7. The van der Waals surface area contributed by atoms with Crippen LogP contribution in [0.25, 0.3) is 0 Å². The first-order valence-corrected chi connectivity index (χ1v) is 4.04. The number of ether oxygens (including phenoxy) is 1. The van der Waals surface area contributed by atoms with Crippen molar-refractivity contribution in [2.24, 2.45) is 0 Å². The number of rotatable bonds is 4. The van der Waals surface area contributed by atoms with Crippen molar-refractivity contribution in [1.29, 1.82) is 0 Å². The molecule has 0 saturated heterocycles. The maximum absolute atomic E-state index is 10.7. The van der Waals surface area contributed by atoms with Crippen LogP contribution in [0.15, 0.2) is 0 Å². The van der Waals surface area contributed by atoms with Gasteiger partial charge in [-0.3, -0.25) is 4.79 Å². The summed E-state index contributed by atoms with van der Waals surface area (Å²) in [5.41, 5.74) is 0. The zero-order valence-electron chi connectivity index (χ0n) is 6.46. The molecule has 0 N–H and O–H groups in total. The maximum Gasteiger partial charge on any atom is 0.318 e. The van der Waals surface area contributed by atoms with E-state index in [1.54, 1.807) is 6.92 Å². The van der Waals surface area contributed by atoms with Gasteiger partial charge >= 0.3 is 5.97 Å². The Labute approximate surface area is 67.4 Å². The monoisotopic (exact) mass is 162 g/mol. The number of thiol groups is 1. The molecule has 0 spiro atoms. The summed E-state index contributed by atoms with van der Waals surface area (Å²) >= 11 is 3.92. The van der Waals surface area contributed by atoms with Gasteiger partial charge in [0.15, 0.2) is 0 Å². The Balaban J connectivity index is 3.22. The molecule has 0 rings (SSSR count). The van der Waals surface area contributed by atoms with Crippen LogP contribution in [0, 0.1) is 0 Å². The molecule has 1 atom stereocenters. The fourth-order valence-corrected chi connectivity index (χ4v) is 0.512. The summed E-state index contributed by atoms with van der Waals surface area (Å²) in [6.45, 7) is 4.29. The largest absolute Gasteiger partial charge is 0.465 e. The first-order valence-electron chi connectivity index (χ1n) is 3.53. The quantitative estimate of drug-likeness (QED) is 0.386. The van der Waals surface area contributed by atoms with Gasteiger partial charge in [0, 0.05) is 0 Å². The Morgan fingerprint density at radius 2 is 2.30 bits per heavy atom. The standard InChI is InChI=1S/C7H14O2S/c1-3-4-5-9-7(8)6(2)10/h6,10H,3-5H2,1-2H3. The Morgan fingerprint density at radius 1 is 1.70 bits per heavy atom. The molecule has 2 nitrogen and oxygen atoms in total. The van der Waals surface area contributed by atoms with Crippen LogP contribution in [0.5, 0.6) is 0 Å². The average molecular weight is 162 g/mol. The van der Waals surface area contributed by atoms with E-state index < -0.39 is 0 Å². The van der Waals surface area contributed by atoms with Crippen molar-refractivity contribution in [3.05, 3.63) is 0 Å². The lowest BCUT2D eigenvalue weighted by Gasteiger charge is -2.04. The fraction of sp³-hybridized carbons (Fsp3) is 0.857.